The molecule has 3 aromatic rings. The zero-order valence-corrected chi connectivity index (χ0v) is 21.5. The number of amides is 3. The van der Waals surface area contributed by atoms with E-state index in [2.05, 4.69) is 9.69 Å². The Morgan fingerprint density at radius 3 is 2.36 bits per heavy atom. The van der Waals surface area contributed by atoms with Crippen LogP contribution in [0.25, 0.3) is 0 Å². The van der Waals surface area contributed by atoms with Crippen molar-refractivity contribution in [3.8, 4) is 0 Å². The average molecular weight is 512 g/mol. The second-order valence-corrected chi connectivity index (χ2v) is 9.73. The van der Waals surface area contributed by atoms with Gasteiger partial charge in [-0.2, -0.15) is 4.37 Å². The molecule has 1 unspecified atom stereocenters. The van der Waals surface area contributed by atoms with Crippen LogP contribution in [-0.2, 0) is 4.79 Å². The van der Waals surface area contributed by atoms with Gasteiger partial charge in [-0.1, -0.05) is 38.1 Å². The highest BCUT2D eigenvalue weighted by molar-refractivity contribution is 7.09. The highest BCUT2D eigenvalue weighted by Gasteiger charge is 2.36. The van der Waals surface area contributed by atoms with E-state index in [0.717, 1.165) is 29.1 Å². The number of benzene rings is 2. The third kappa shape index (κ3) is 5.71. The van der Waals surface area contributed by atoms with Gasteiger partial charge in [0.05, 0.1) is 5.69 Å². The lowest BCUT2D eigenvalue weighted by molar-refractivity contribution is -0.122. The Bertz CT molecular complexity index is 1270. The number of anilines is 2. The first-order valence-corrected chi connectivity index (χ1v) is 12.3. The monoisotopic (exact) mass is 511 g/mol. The van der Waals surface area contributed by atoms with Crippen molar-refractivity contribution in [3.63, 3.8) is 0 Å². The third-order valence-corrected chi connectivity index (χ3v) is 6.77. The molecule has 36 heavy (non-hydrogen) atoms. The molecule has 0 radical (unpaired) electrons. The number of nitrogens with zero attached hydrogens (tertiary/aromatic N) is 2. The molecule has 0 saturated heterocycles. The van der Waals surface area contributed by atoms with Crippen LogP contribution in [0.1, 0.15) is 63.2 Å². The molecule has 1 atom stereocenters. The molecule has 0 aliphatic rings. The Kier molecular flexibility index (Phi) is 8.41. The number of primary amides is 1. The van der Waals surface area contributed by atoms with Gasteiger partial charge in [-0.15, -0.1) is 0 Å². The third-order valence-electron chi connectivity index (χ3n) is 5.92. The van der Waals surface area contributed by atoms with Crippen LogP contribution >= 0.6 is 11.5 Å². The summed E-state index contributed by atoms with van der Waals surface area (Å²) >= 11 is 0.735. The smallest absolute Gasteiger partial charge is 0.273 e. The molecule has 190 valence electrons. The maximum atomic E-state index is 14.0. The van der Waals surface area contributed by atoms with E-state index in [1.54, 1.807) is 12.1 Å². The normalized spacial score (nSPS) is 11.8. The van der Waals surface area contributed by atoms with E-state index in [1.807, 2.05) is 33.8 Å². The van der Waals surface area contributed by atoms with Crippen molar-refractivity contribution >= 4 is 40.6 Å². The van der Waals surface area contributed by atoms with Crippen LogP contribution in [0.15, 0.2) is 42.5 Å². The summed E-state index contributed by atoms with van der Waals surface area (Å²) in [6, 6.07) is 9.67. The van der Waals surface area contributed by atoms with Gasteiger partial charge in [-0.05, 0) is 72.6 Å². The van der Waals surface area contributed by atoms with Crippen LogP contribution in [-0.4, -0.2) is 28.6 Å². The SMILES string of the molecule is Cc1cccc(N(C(=O)c2snc(C(N)=O)c2N)C(C(=O)NCCC(C)C)c2ccc(F)cc2)c1C. The Morgan fingerprint density at radius 2 is 1.78 bits per heavy atom. The lowest BCUT2D eigenvalue weighted by Crippen LogP contribution is -2.44. The van der Waals surface area contributed by atoms with Gasteiger partial charge < -0.3 is 16.8 Å². The summed E-state index contributed by atoms with van der Waals surface area (Å²) in [4.78, 5) is 40.7. The number of carbonyl (C=O) groups is 3. The number of aromatic nitrogens is 1. The number of hydrogen-bond acceptors (Lipinski definition) is 6. The quantitative estimate of drug-likeness (QED) is 0.397. The van der Waals surface area contributed by atoms with E-state index >= 15 is 0 Å². The summed E-state index contributed by atoms with van der Waals surface area (Å²) in [6.07, 6.45) is 0.739. The van der Waals surface area contributed by atoms with Crippen molar-refractivity contribution in [1.29, 1.82) is 0 Å². The second kappa shape index (κ2) is 11.3. The number of nitrogen functional groups attached to an aromatic ring is 1. The van der Waals surface area contributed by atoms with Crippen LogP contribution in [0, 0.1) is 25.6 Å². The minimum atomic E-state index is -1.15. The summed E-state index contributed by atoms with van der Waals surface area (Å²) in [5.41, 5.74) is 13.6. The van der Waals surface area contributed by atoms with Gasteiger partial charge in [0.1, 0.15) is 16.7 Å². The molecule has 0 aliphatic heterocycles. The molecule has 8 nitrogen and oxygen atoms in total. The summed E-state index contributed by atoms with van der Waals surface area (Å²) < 4.78 is 17.7. The highest BCUT2D eigenvalue weighted by atomic mass is 32.1. The Hall–Kier alpha value is -3.79. The minimum Gasteiger partial charge on any atom is -0.395 e. The molecule has 0 saturated carbocycles. The van der Waals surface area contributed by atoms with Crippen molar-refractivity contribution in [2.24, 2.45) is 11.7 Å². The van der Waals surface area contributed by atoms with Gasteiger partial charge in [-0.25, -0.2) is 4.39 Å². The van der Waals surface area contributed by atoms with Crippen molar-refractivity contribution in [2.75, 3.05) is 17.2 Å². The first kappa shape index (κ1) is 26.8. The fraction of sp³-hybridized carbons (Fsp3) is 0.308. The largest absolute Gasteiger partial charge is 0.395 e. The van der Waals surface area contributed by atoms with E-state index in [-0.39, 0.29) is 16.3 Å². The molecule has 1 heterocycles. The number of nitrogens with one attached hydrogen (secondary N) is 1. The molecule has 1 aromatic heterocycles. The van der Waals surface area contributed by atoms with Gasteiger partial charge in [0, 0.05) is 12.2 Å². The molecule has 0 aliphatic carbocycles. The fourth-order valence-electron chi connectivity index (χ4n) is 3.74. The predicted octanol–water partition coefficient (Wildman–Crippen LogP) is 4.13. The van der Waals surface area contributed by atoms with E-state index in [1.165, 1.54) is 29.2 Å². The number of hydrogen-bond donors (Lipinski definition) is 3. The number of aryl methyl sites for hydroxylation is 1. The van der Waals surface area contributed by atoms with E-state index < -0.39 is 29.6 Å². The van der Waals surface area contributed by atoms with Gasteiger partial charge in [0.25, 0.3) is 11.8 Å². The number of halogens is 1. The first-order chi connectivity index (χ1) is 17.0. The van der Waals surface area contributed by atoms with Gasteiger partial charge in [0.15, 0.2) is 5.69 Å². The van der Waals surface area contributed by atoms with Crippen molar-refractivity contribution in [3.05, 3.63) is 75.5 Å². The molecule has 0 fully saturated rings. The Morgan fingerprint density at radius 1 is 1.11 bits per heavy atom. The lowest BCUT2D eigenvalue weighted by atomic mass is 9.99. The molecule has 5 N–H and O–H groups in total. The van der Waals surface area contributed by atoms with Crippen LogP contribution in [0.5, 0.6) is 0 Å². The number of nitrogens with two attached hydrogens (primary N) is 2. The summed E-state index contributed by atoms with van der Waals surface area (Å²) in [5, 5.41) is 2.91. The van der Waals surface area contributed by atoms with E-state index in [9.17, 15) is 18.8 Å². The van der Waals surface area contributed by atoms with E-state index in [4.69, 9.17) is 11.5 Å². The van der Waals surface area contributed by atoms with Gasteiger partial charge in [-0.3, -0.25) is 19.3 Å². The van der Waals surface area contributed by atoms with E-state index in [0.29, 0.717) is 23.7 Å². The van der Waals surface area contributed by atoms with Gasteiger partial charge in [0.2, 0.25) is 5.91 Å². The van der Waals surface area contributed by atoms with Crippen LogP contribution in [0.2, 0.25) is 0 Å². The maximum absolute atomic E-state index is 14.0. The number of carbonyl (C=O) groups excluding carboxylic acids is 3. The molecular weight excluding hydrogens is 481 g/mol. The molecule has 3 amide bonds. The zero-order chi connectivity index (χ0) is 26.6. The molecule has 0 spiro atoms. The summed E-state index contributed by atoms with van der Waals surface area (Å²) in [5.74, 6) is -2.03. The molecule has 2 aromatic carbocycles. The summed E-state index contributed by atoms with van der Waals surface area (Å²) in [6.45, 7) is 8.21. The maximum Gasteiger partial charge on any atom is 0.273 e. The van der Waals surface area contributed by atoms with Crippen molar-refractivity contribution in [2.45, 2.75) is 40.2 Å². The lowest BCUT2D eigenvalue weighted by Gasteiger charge is -2.32. The standard InChI is InChI=1S/C26H30FN5O3S/c1-14(2)12-13-30-25(34)22(17-8-10-18(27)11-9-17)32(19-7-5-6-15(3)16(19)4)26(35)23-20(28)21(24(29)33)31-36-23/h5-11,14,22H,12-13,28H2,1-4H3,(H2,29,33)(H,30,34). The Balaban J connectivity index is 2.21. The van der Waals surface area contributed by atoms with Crippen LogP contribution < -0.4 is 21.7 Å². The number of rotatable bonds is 9. The minimum absolute atomic E-state index is 0.0215. The van der Waals surface area contributed by atoms with Crippen LogP contribution in [0.3, 0.4) is 0 Å². The average Bonchev–Trinajstić information content (AvgIpc) is 3.21. The summed E-state index contributed by atoms with van der Waals surface area (Å²) in [7, 11) is 0. The van der Waals surface area contributed by atoms with Gasteiger partial charge >= 0.3 is 0 Å². The zero-order valence-electron chi connectivity index (χ0n) is 20.7. The molecule has 3 rings (SSSR count). The Labute approximate surface area is 213 Å². The molecule has 0 bridgehead atoms. The second-order valence-electron chi connectivity index (χ2n) is 8.96. The molecular formula is C26H30FN5O3S. The first-order valence-electron chi connectivity index (χ1n) is 11.5. The topological polar surface area (TPSA) is 131 Å². The van der Waals surface area contributed by atoms with Crippen molar-refractivity contribution in [1.82, 2.24) is 9.69 Å². The fourth-order valence-corrected chi connectivity index (χ4v) is 4.49. The van der Waals surface area contributed by atoms with Crippen LogP contribution in [0.4, 0.5) is 15.8 Å². The van der Waals surface area contributed by atoms with Crippen molar-refractivity contribution < 1.29 is 18.8 Å². The predicted molar refractivity (Wildman–Crippen MR) is 139 cm³/mol. The molecule has 10 heteroatoms. The highest BCUT2D eigenvalue weighted by Crippen LogP contribution is 2.35.